The van der Waals surface area contributed by atoms with Crippen molar-refractivity contribution in [3.05, 3.63) is 66.0 Å². The van der Waals surface area contributed by atoms with Gasteiger partial charge < -0.3 is 25.4 Å². The molecule has 3 amide bonds. The summed E-state index contributed by atoms with van der Waals surface area (Å²) >= 11 is 0. The van der Waals surface area contributed by atoms with Crippen LogP contribution in [0.1, 0.15) is 43.2 Å². The number of nitrogens with zero attached hydrogens (tertiary/aromatic N) is 2. The Morgan fingerprint density at radius 2 is 1.90 bits per heavy atom. The number of pyridine rings is 1. The number of hydrogen-bond donors (Lipinski definition) is 5. The average Bonchev–Trinajstić information content (AvgIpc) is 3.43. The number of aromatic nitrogens is 1. The van der Waals surface area contributed by atoms with Gasteiger partial charge in [0, 0.05) is 31.9 Å². The van der Waals surface area contributed by atoms with Crippen molar-refractivity contribution < 1.29 is 29.0 Å². The maximum Gasteiger partial charge on any atom is 0.414 e. The van der Waals surface area contributed by atoms with Crippen molar-refractivity contribution in [2.75, 3.05) is 13.1 Å². The van der Waals surface area contributed by atoms with Crippen molar-refractivity contribution in [3.63, 3.8) is 0 Å². The van der Waals surface area contributed by atoms with E-state index in [0.717, 1.165) is 11.1 Å². The van der Waals surface area contributed by atoms with Crippen LogP contribution in [-0.4, -0.2) is 70.0 Å². The molecule has 2 atom stereocenters. The quantitative estimate of drug-likeness (QED) is 0.154. The highest BCUT2D eigenvalue weighted by Crippen LogP contribution is 2.19. The molecule has 208 valence electrons. The molecule has 1 aliphatic rings. The molecule has 39 heavy (non-hydrogen) atoms. The van der Waals surface area contributed by atoms with Gasteiger partial charge in [-0.05, 0) is 49.3 Å². The fraction of sp³-hybridized carbons (Fsp3) is 0.407. The zero-order valence-electron chi connectivity index (χ0n) is 21.6. The van der Waals surface area contributed by atoms with Gasteiger partial charge in [-0.15, -0.1) is 0 Å². The molecule has 1 fully saturated rings. The Morgan fingerprint density at radius 1 is 1.13 bits per heavy atom. The van der Waals surface area contributed by atoms with Gasteiger partial charge in [0.2, 0.25) is 11.8 Å². The molecule has 1 aromatic carbocycles. The maximum absolute atomic E-state index is 12.9. The number of benzene rings is 1. The van der Waals surface area contributed by atoms with E-state index < -0.39 is 30.1 Å². The molecule has 1 saturated heterocycles. The van der Waals surface area contributed by atoms with Crippen LogP contribution in [0.2, 0.25) is 0 Å². The van der Waals surface area contributed by atoms with Crippen LogP contribution in [0.25, 0.3) is 0 Å². The molecule has 0 radical (unpaired) electrons. The number of guanidine groups is 1. The summed E-state index contributed by atoms with van der Waals surface area (Å²) in [6.45, 7) is 0.711. The summed E-state index contributed by atoms with van der Waals surface area (Å²) in [4.78, 5) is 54.8. The van der Waals surface area contributed by atoms with E-state index in [0.29, 0.717) is 32.2 Å². The highest BCUT2D eigenvalue weighted by Gasteiger charge is 2.35. The van der Waals surface area contributed by atoms with E-state index in [-0.39, 0.29) is 37.9 Å². The first-order valence-corrected chi connectivity index (χ1v) is 12.8. The second-order valence-corrected chi connectivity index (χ2v) is 9.14. The molecule has 12 heteroatoms. The number of ether oxygens (including phenoxy) is 1. The van der Waals surface area contributed by atoms with Crippen LogP contribution in [-0.2, 0) is 32.1 Å². The van der Waals surface area contributed by atoms with E-state index in [1.807, 2.05) is 24.3 Å². The van der Waals surface area contributed by atoms with Crippen LogP contribution in [0.4, 0.5) is 4.79 Å². The van der Waals surface area contributed by atoms with Crippen molar-refractivity contribution in [2.24, 2.45) is 0 Å². The van der Waals surface area contributed by atoms with Gasteiger partial charge in [0.15, 0.2) is 5.96 Å². The lowest BCUT2D eigenvalue weighted by atomic mass is 10.1. The van der Waals surface area contributed by atoms with Crippen LogP contribution in [0.5, 0.6) is 0 Å². The third-order valence-corrected chi connectivity index (χ3v) is 6.25. The summed E-state index contributed by atoms with van der Waals surface area (Å²) in [6.07, 6.45) is 4.86. The summed E-state index contributed by atoms with van der Waals surface area (Å²) in [6, 6.07) is 10.9. The number of likely N-dealkylation sites (tertiary alicyclic amines) is 1. The van der Waals surface area contributed by atoms with Crippen LogP contribution >= 0.6 is 0 Å². The predicted octanol–water partition coefficient (Wildman–Crippen LogP) is 1.81. The van der Waals surface area contributed by atoms with E-state index in [1.54, 1.807) is 30.6 Å². The Morgan fingerprint density at radius 3 is 2.62 bits per heavy atom. The van der Waals surface area contributed by atoms with Crippen LogP contribution in [0.3, 0.4) is 0 Å². The molecule has 0 saturated carbocycles. The van der Waals surface area contributed by atoms with Gasteiger partial charge in [-0.2, -0.15) is 0 Å². The third kappa shape index (κ3) is 9.72. The molecular weight excluding hydrogens is 504 g/mol. The molecule has 0 bridgehead atoms. The molecule has 1 aromatic heterocycles. The molecule has 0 unspecified atom stereocenters. The monoisotopic (exact) mass is 538 g/mol. The molecular formula is C27H34N6O6. The fourth-order valence-electron chi connectivity index (χ4n) is 4.23. The topological polar surface area (TPSA) is 174 Å². The third-order valence-electron chi connectivity index (χ3n) is 6.25. The number of amides is 3. The molecule has 0 spiro atoms. The first-order chi connectivity index (χ1) is 18.8. The van der Waals surface area contributed by atoms with E-state index in [4.69, 9.17) is 10.1 Å². The van der Waals surface area contributed by atoms with E-state index in [9.17, 15) is 24.3 Å². The highest BCUT2D eigenvalue weighted by molar-refractivity contribution is 5.92. The number of rotatable bonds is 12. The maximum atomic E-state index is 12.9. The minimum atomic E-state index is -1.19. The van der Waals surface area contributed by atoms with Gasteiger partial charge in [0.1, 0.15) is 18.7 Å². The number of alkyl carbamates (subject to hydrolysis) is 1. The summed E-state index contributed by atoms with van der Waals surface area (Å²) in [5.41, 5.74) is 1.74. The minimum absolute atomic E-state index is 0.0640. The lowest BCUT2D eigenvalue weighted by molar-refractivity contribution is -0.144. The lowest BCUT2D eigenvalue weighted by Gasteiger charge is -2.25. The molecule has 5 N–H and O–H groups in total. The molecule has 3 rings (SSSR count). The summed E-state index contributed by atoms with van der Waals surface area (Å²) in [5, 5.41) is 24.9. The van der Waals surface area contributed by atoms with Crippen LogP contribution < -0.4 is 16.0 Å². The summed E-state index contributed by atoms with van der Waals surface area (Å²) in [5.74, 6) is -2.11. The predicted molar refractivity (Wildman–Crippen MR) is 142 cm³/mol. The SMILES string of the molecule is N=C(NCCC[C@H](NC(=O)[C@@H]1CCCN1C(=O)CCc1cccnc1)C(=O)O)NC(=O)OCc1ccccc1. The van der Waals surface area contributed by atoms with Gasteiger partial charge in [-0.25, -0.2) is 9.59 Å². The van der Waals surface area contributed by atoms with E-state index in [2.05, 4.69) is 20.9 Å². The second kappa shape index (κ2) is 15.1. The number of carboxylic acid groups (broad SMARTS) is 1. The minimum Gasteiger partial charge on any atom is -0.480 e. The Labute approximate surface area is 226 Å². The summed E-state index contributed by atoms with van der Waals surface area (Å²) < 4.78 is 5.04. The van der Waals surface area contributed by atoms with Crippen molar-refractivity contribution in [1.82, 2.24) is 25.8 Å². The largest absolute Gasteiger partial charge is 0.480 e. The molecule has 2 heterocycles. The van der Waals surface area contributed by atoms with Crippen molar-refractivity contribution in [2.45, 2.75) is 57.2 Å². The van der Waals surface area contributed by atoms with Gasteiger partial charge in [-0.3, -0.25) is 25.3 Å². The van der Waals surface area contributed by atoms with Crippen LogP contribution in [0.15, 0.2) is 54.9 Å². The Kier molecular flexibility index (Phi) is 11.2. The Hall–Kier alpha value is -4.48. The first kappa shape index (κ1) is 29.1. The van der Waals surface area contributed by atoms with Gasteiger partial charge in [0.05, 0.1) is 0 Å². The van der Waals surface area contributed by atoms with Crippen LogP contribution in [0, 0.1) is 5.41 Å². The number of hydrogen-bond acceptors (Lipinski definition) is 7. The second-order valence-electron chi connectivity index (χ2n) is 9.14. The average molecular weight is 539 g/mol. The van der Waals surface area contributed by atoms with Gasteiger partial charge in [-0.1, -0.05) is 36.4 Å². The number of carboxylic acids is 1. The number of aliphatic carboxylic acids is 1. The van der Waals surface area contributed by atoms with E-state index in [1.165, 1.54) is 4.90 Å². The van der Waals surface area contributed by atoms with Gasteiger partial charge in [0.25, 0.3) is 0 Å². The number of aryl methyl sites for hydroxylation is 1. The number of carbonyl (C=O) groups is 4. The van der Waals surface area contributed by atoms with Crippen molar-refractivity contribution in [3.8, 4) is 0 Å². The Balaban J connectivity index is 1.37. The van der Waals surface area contributed by atoms with Gasteiger partial charge >= 0.3 is 12.1 Å². The molecule has 12 nitrogen and oxygen atoms in total. The standard InChI is InChI=1S/C27H34N6O6/c28-26(32-27(38)39-18-20-7-2-1-3-8-20)30-15-5-10-21(25(36)37)31-24(35)22-11-6-16-33(22)23(34)13-12-19-9-4-14-29-17-19/h1-4,7-9,14,17,21-22H,5-6,10-13,15-16,18H2,(H,31,35)(H,36,37)(H3,28,30,32,38)/t21-,22-/m0/s1. The highest BCUT2D eigenvalue weighted by atomic mass is 16.5. The van der Waals surface area contributed by atoms with Crippen molar-refractivity contribution in [1.29, 1.82) is 5.41 Å². The Bertz CT molecular complexity index is 1130. The zero-order chi connectivity index (χ0) is 28.0. The molecule has 0 aliphatic carbocycles. The number of nitrogens with one attached hydrogen (secondary N) is 4. The van der Waals surface area contributed by atoms with Crippen molar-refractivity contribution >= 4 is 29.8 Å². The first-order valence-electron chi connectivity index (χ1n) is 12.8. The summed E-state index contributed by atoms with van der Waals surface area (Å²) in [7, 11) is 0. The molecule has 1 aliphatic heterocycles. The normalized spacial score (nSPS) is 15.2. The van der Waals surface area contributed by atoms with E-state index >= 15 is 0 Å². The lowest BCUT2D eigenvalue weighted by Crippen LogP contribution is -2.51. The smallest absolute Gasteiger partial charge is 0.414 e. The fourth-order valence-corrected chi connectivity index (χ4v) is 4.23. The molecule has 2 aromatic rings. The zero-order valence-corrected chi connectivity index (χ0v) is 21.6. The number of carbonyl (C=O) groups excluding carboxylic acids is 3.